The molecule has 2 nitrogen and oxygen atoms in total. The van der Waals surface area contributed by atoms with E-state index in [0.29, 0.717) is 5.15 Å². The number of hydrogen-bond donors (Lipinski definition) is 1. The van der Waals surface area contributed by atoms with Gasteiger partial charge in [0.15, 0.2) is 5.15 Å². The van der Waals surface area contributed by atoms with Gasteiger partial charge in [0.1, 0.15) is 0 Å². The van der Waals surface area contributed by atoms with E-state index >= 15 is 0 Å². The van der Waals surface area contributed by atoms with Crippen LogP contribution in [-0.4, -0.2) is 9.97 Å². The minimum absolute atomic E-state index is 0.245. The van der Waals surface area contributed by atoms with E-state index in [9.17, 15) is 0 Å². The number of aryl methyl sites for hydroxylation is 1. The molecule has 0 amide bonds. The molecular formula is C13H15ClN2. The van der Waals surface area contributed by atoms with E-state index < -0.39 is 0 Å². The van der Waals surface area contributed by atoms with Crippen LogP contribution in [0.2, 0.25) is 5.15 Å². The first-order chi connectivity index (χ1) is 7.61. The van der Waals surface area contributed by atoms with Crippen molar-refractivity contribution >= 4 is 11.6 Å². The van der Waals surface area contributed by atoms with Gasteiger partial charge >= 0.3 is 0 Å². The van der Waals surface area contributed by atoms with E-state index in [0.717, 1.165) is 5.69 Å². The second-order valence-electron chi connectivity index (χ2n) is 4.12. The first-order valence-electron chi connectivity index (χ1n) is 5.36. The molecule has 2 rings (SSSR count). The zero-order valence-electron chi connectivity index (χ0n) is 9.71. The van der Waals surface area contributed by atoms with Crippen molar-refractivity contribution < 1.29 is 0 Å². The number of halogens is 1. The second-order valence-corrected chi connectivity index (χ2v) is 4.48. The van der Waals surface area contributed by atoms with Gasteiger partial charge < -0.3 is 4.98 Å². The van der Waals surface area contributed by atoms with Crippen molar-refractivity contribution in [3.8, 4) is 0 Å². The number of H-pyrrole nitrogens is 1. The molecular weight excluding hydrogens is 220 g/mol. The maximum Gasteiger partial charge on any atom is 0.150 e. The molecule has 0 unspecified atom stereocenters. The van der Waals surface area contributed by atoms with Crippen LogP contribution in [0.15, 0.2) is 24.5 Å². The van der Waals surface area contributed by atoms with Gasteiger partial charge in [-0.05, 0) is 30.5 Å². The minimum Gasteiger partial charge on any atom is -0.347 e. The van der Waals surface area contributed by atoms with Crippen LogP contribution in [-0.2, 0) is 0 Å². The fourth-order valence-corrected chi connectivity index (χ4v) is 2.26. The van der Waals surface area contributed by atoms with E-state index in [1.807, 2.05) is 0 Å². The summed E-state index contributed by atoms with van der Waals surface area (Å²) in [7, 11) is 0. The average Bonchev–Trinajstić information content (AvgIpc) is 2.68. The van der Waals surface area contributed by atoms with Gasteiger partial charge in [-0.3, -0.25) is 0 Å². The van der Waals surface area contributed by atoms with Crippen LogP contribution in [0.4, 0.5) is 0 Å². The number of nitrogens with one attached hydrogen (secondary N) is 1. The molecule has 0 fully saturated rings. The quantitative estimate of drug-likeness (QED) is 0.841. The lowest BCUT2D eigenvalue weighted by atomic mass is 9.92. The SMILES string of the molecule is Cc1cccc([C@H](C)c2[nH]cnc2Cl)c1C. The molecule has 0 aliphatic carbocycles. The highest BCUT2D eigenvalue weighted by molar-refractivity contribution is 6.30. The number of aromatic amines is 1. The summed E-state index contributed by atoms with van der Waals surface area (Å²) in [5.41, 5.74) is 4.90. The summed E-state index contributed by atoms with van der Waals surface area (Å²) in [6, 6.07) is 6.35. The van der Waals surface area contributed by atoms with Crippen LogP contribution in [0.3, 0.4) is 0 Å². The second kappa shape index (κ2) is 4.30. The first kappa shape index (κ1) is 11.2. The molecule has 1 N–H and O–H groups in total. The van der Waals surface area contributed by atoms with E-state index in [1.165, 1.54) is 16.7 Å². The Morgan fingerprint density at radius 2 is 2.06 bits per heavy atom. The Labute approximate surface area is 101 Å². The molecule has 0 aliphatic rings. The maximum absolute atomic E-state index is 6.03. The van der Waals surface area contributed by atoms with Crippen molar-refractivity contribution in [3.05, 3.63) is 52.1 Å². The molecule has 84 valence electrons. The lowest BCUT2D eigenvalue weighted by Crippen LogP contribution is -2.01. The van der Waals surface area contributed by atoms with Crippen LogP contribution in [0.5, 0.6) is 0 Å². The largest absolute Gasteiger partial charge is 0.347 e. The third-order valence-corrected chi connectivity index (χ3v) is 3.47. The Bertz CT molecular complexity index is 502. The highest BCUT2D eigenvalue weighted by Crippen LogP contribution is 2.30. The van der Waals surface area contributed by atoms with Gasteiger partial charge in [0, 0.05) is 5.92 Å². The fraction of sp³-hybridized carbons (Fsp3) is 0.308. The Morgan fingerprint density at radius 1 is 1.31 bits per heavy atom. The zero-order valence-corrected chi connectivity index (χ0v) is 10.5. The smallest absolute Gasteiger partial charge is 0.150 e. The summed E-state index contributed by atoms with van der Waals surface area (Å²) < 4.78 is 0. The third kappa shape index (κ3) is 1.85. The molecule has 0 saturated carbocycles. The van der Waals surface area contributed by atoms with Crippen molar-refractivity contribution in [3.63, 3.8) is 0 Å². The standard InChI is InChI=1S/C13H15ClN2/c1-8-5-4-6-11(9(8)2)10(3)12-13(14)16-7-15-12/h4-7,10H,1-3H3,(H,15,16)/t10-/m0/s1. The summed E-state index contributed by atoms with van der Waals surface area (Å²) >= 11 is 6.03. The fourth-order valence-electron chi connectivity index (χ4n) is 1.99. The molecule has 0 radical (unpaired) electrons. The molecule has 2 aromatic rings. The number of imidazole rings is 1. The molecule has 3 heteroatoms. The van der Waals surface area contributed by atoms with Crippen molar-refractivity contribution in [1.82, 2.24) is 9.97 Å². The van der Waals surface area contributed by atoms with Gasteiger partial charge in [-0.25, -0.2) is 4.98 Å². The number of rotatable bonds is 2. The summed E-state index contributed by atoms with van der Waals surface area (Å²) in [6.45, 7) is 6.41. The Balaban J connectivity index is 2.46. The Hall–Kier alpha value is -1.28. The van der Waals surface area contributed by atoms with E-state index in [4.69, 9.17) is 11.6 Å². The topological polar surface area (TPSA) is 28.7 Å². The first-order valence-corrected chi connectivity index (χ1v) is 5.74. The summed E-state index contributed by atoms with van der Waals surface area (Å²) in [5.74, 6) is 0.245. The minimum atomic E-state index is 0.245. The van der Waals surface area contributed by atoms with Gasteiger partial charge in [-0.15, -0.1) is 0 Å². The molecule has 0 aliphatic heterocycles. The van der Waals surface area contributed by atoms with Gasteiger partial charge in [0.05, 0.1) is 12.0 Å². The van der Waals surface area contributed by atoms with E-state index in [-0.39, 0.29) is 5.92 Å². The number of nitrogens with zero attached hydrogens (tertiary/aromatic N) is 1. The molecule has 0 spiro atoms. The third-order valence-electron chi connectivity index (χ3n) is 3.17. The number of hydrogen-bond acceptors (Lipinski definition) is 1. The summed E-state index contributed by atoms with van der Waals surface area (Å²) in [4.78, 5) is 7.13. The van der Waals surface area contributed by atoms with Gasteiger partial charge in [-0.2, -0.15) is 0 Å². The van der Waals surface area contributed by atoms with Crippen LogP contribution >= 0.6 is 11.6 Å². The van der Waals surface area contributed by atoms with Crippen molar-refractivity contribution in [1.29, 1.82) is 0 Å². The van der Waals surface area contributed by atoms with Gasteiger partial charge in [0.2, 0.25) is 0 Å². The van der Waals surface area contributed by atoms with Gasteiger partial charge in [0.25, 0.3) is 0 Å². The van der Waals surface area contributed by atoms with E-state index in [2.05, 4.69) is 48.9 Å². The Kier molecular flexibility index (Phi) is 3.01. The van der Waals surface area contributed by atoms with E-state index in [1.54, 1.807) is 6.33 Å². The predicted molar refractivity (Wildman–Crippen MR) is 67.0 cm³/mol. The molecule has 0 saturated heterocycles. The Morgan fingerprint density at radius 3 is 2.69 bits per heavy atom. The highest BCUT2D eigenvalue weighted by Gasteiger charge is 2.16. The lowest BCUT2D eigenvalue weighted by Gasteiger charge is -2.15. The molecule has 1 atom stereocenters. The van der Waals surface area contributed by atoms with Crippen LogP contribution in [0.25, 0.3) is 0 Å². The molecule has 1 aromatic carbocycles. The molecule has 16 heavy (non-hydrogen) atoms. The van der Waals surface area contributed by atoms with Crippen molar-refractivity contribution in [2.24, 2.45) is 0 Å². The van der Waals surface area contributed by atoms with Crippen LogP contribution in [0.1, 0.15) is 35.2 Å². The van der Waals surface area contributed by atoms with Crippen molar-refractivity contribution in [2.75, 3.05) is 0 Å². The highest BCUT2D eigenvalue weighted by atomic mass is 35.5. The molecule has 1 heterocycles. The number of benzene rings is 1. The predicted octanol–water partition coefficient (Wildman–Crippen LogP) is 3.83. The zero-order chi connectivity index (χ0) is 11.7. The lowest BCUT2D eigenvalue weighted by molar-refractivity contribution is 0.871. The summed E-state index contributed by atoms with van der Waals surface area (Å²) in [6.07, 6.45) is 1.64. The molecule has 1 aromatic heterocycles. The van der Waals surface area contributed by atoms with Crippen molar-refractivity contribution in [2.45, 2.75) is 26.7 Å². The average molecular weight is 235 g/mol. The normalized spacial score (nSPS) is 12.8. The van der Waals surface area contributed by atoms with Crippen LogP contribution < -0.4 is 0 Å². The molecule has 0 bridgehead atoms. The maximum atomic E-state index is 6.03. The van der Waals surface area contributed by atoms with Crippen LogP contribution in [0, 0.1) is 13.8 Å². The monoisotopic (exact) mass is 234 g/mol. The van der Waals surface area contributed by atoms with Gasteiger partial charge in [-0.1, -0.05) is 36.7 Å². The number of aromatic nitrogens is 2. The summed E-state index contributed by atoms with van der Waals surface area (Å²) in [5, 5.41) is 0.563.